The van der Waals surface area contributed by atoms with E-state index in [1.165, 1.54) is 30.4 Å². The second-order valence-electron chi connectivity index (χ2n) is 8.13. The first-order valence-electron chi connectivity index (χ1n) is 9.98. The molecule has 5 atom stereocenters. The maximum Gasteiger partial charge on any atom is 0.338 e. The molecule has 1 aliphatic heterocycles. The van der Waals surface area contributed by atoms with Gasteiger partial charge in [-0.05, 0) is 91.3 Å². The average molecular weight is 382 g/mol. The number of fused-ring (bicyclic) bond motifs is 7. The Balaban J connectivity index is 1.57. The van der Waals surface area contributed by atoms with E-state index in [2.05, 4.69) is 29.6 Å². The zero-order valence-electron chi connectivity index (χ0n) is 15.5. The van der Waals surface area contributed by atoms with Crippen LogP contribution in [0.25, 0.3) is 0 Å². The lowest BCUT2D eigenvalue weighted by Crippen LogP contribution is -2.35. The lowest BCUT2D eigenvalue weighted by atomic mass is 9.68. The van der Waals surface area contributed by atoms with Crippen molar-refractivity contribution in [2.45, 2.75) is 38.1 Å². The van der Waals surface area contributed by atoms with E-state index in [0.29, 0.717) is 30.0 Å². The van der Waals surface area contributed by atoms with Crippen molar-refractivity contribution in [3.63, 3.8) is 0 Å². The molecule has 0 aromatic heterocycles. The molecule has 2 bridgehead atoms. The largest absolute Gasteiger partial charge is 0.462 e. The van der Waals surface area contributed by atoms with E-state index in [4.69, 9.17) is 16.3 Å². The third-order valence-electron chi connectivity index (χ3n) is 6.83. The van der Waals surface area contributed by atoms with E-state index in [-0.39, 0.29) is 5.97 Å². The highest BCUT2D eigenvalue weighted by Gasteiger charge is 2.53. The van der Waals surface area contributed by atoms with Crippen LogP contribution in [0.3, 0.4) is 0 Å². The molecule has 0 saturated heterocycles. The predicted molar refractivity (Wildman–Crippen MR) is 107 cm³/mol. The van der Waals surface area contributed by atoms with Crippen molar-refractivity contribution in [2.75, 3.05) is 11.9 Å². The van der Waals surface area contributed by atoms with Crippen LogP contribution in [0, 0.1) is 17.8 Å². The molecular weight excluding hydrogens is 358 g/mol. The number of rotatable bonds is 3. The lowest BCUT2D eigenvalue weighted by molar-refractivity contribution is 0.0526. The molecule has 0 unspecified atom stereocenters. The van der Waals surface area contributed by atoms with E-state index in [9.17, 15) is 4.79 Å². The van der Waals surface area contributed by atoms with E-state index >= 15 is 0 Å². The van der Waals surface area contributed by atoms with Gasteiger partial charge in [0, 0.05) is 10.7 Å². The first kappa shape index (κ1) is 17.1. The third-order valence-corrected chi connectivity index (χ3v) is 7.08. The van der Waals surface area contributed by atoms with Gasteiger partial charge in [-0.15, -0.1) is 0 Å². The number of halogens is 1. The first-order valence-corrected chi connectivity index (χ1v) is 10.4. The van der Waals surface area contributed by atoms with Gasteiger partial charge in [0.25, 0.3) is 0 Å². The summed E-state index contributed by atoms with van der Waals surface area (Å²) >= 11 is 6.11. The number of hydrogen-bond donors (Lipinski definition) is 1. The molecule has 0 amide bonds. The Morgan fingerprint density at radius 1 is 1.15 bits per heavy atom. The van der Waals surface area contributed by atoms with Crippen molar-refractivity contribution in [1.29, 1.82) is 0 Å². The van der Waals surface area contributed by atoms with Crippen LogP contribution in [0.15, 0.2) is 42.5 Å². The van der Waals surface area contributed by atoms with Crippen LogP contribution in [-0.4, -0.2) is 12.6 Å². The molecule has 5 rings (SSSR count). The average Bonchev–Trinajstić information content (AvgIpc) is 3.30. The molecule has 2 aliphatic carbocycles. The van der Waals surface area contributed by atoms with E-state index in [1.54, 1.807) is 0 Å². The molecule has 2 saturated carbocycles. The highest BCUT2D eigenvalue weighted by atomic mass is 35.5. The maximum atomic E-state index is 12.2. The first-order chi connectivity index (χ1) is 13.2. The fourth-order valence-electron chi connectivity index (χ4n) is 5.83. The second kappa shape index (κ2) is 6.56. The molecule has 2 aromatic carbocycles. The Kier molecular flexibility index (Phi) is 4.16. The van der Waals surface area contributed by atoms with Crippen molar-refractivity contribution in [1.82, 2.24) is 0 Å². The minimum atomic E-state index is -0.222. The van der Waals surface area contributed by atoms with Gasteiger partial charge in [-0.3, -0.25) is 0 Å². The smallest absolute Gasteiger partial charge is 0.338 e. The molecule has 0 spiro atoms. The monoisotopic (exact) mass is 381 g/mol. The number of anilines is 1. The fraction of sp³-hybridized carbons (Fsp3) is 0.435. The van der Waals surface area contributed by atoms with E-state index < -0.39 is 0 Å². The van der Waals surface area contributed by atoms with Gasteiger partial charge in [-0.25, -0.2) is 4.79 Å². The highest BCUT2D eigenvalue weighted by Crippen LogP contribution is 2.63. The topological polar surface area (TPSA) is 38.3 Å². The number of nitrogens with one attached hydrogen (secondary N) is 1. The molecule has 140 valence electrons. The lowest BCUT2D eigenvalue weighted by Gasteiger charge is -2.43. The quantitative estimate of drug-likeness (QED) is 0.681. The SMILES string of the molecule is CCOC(=O)c1ccc2c(c1)[C@@H]1[C@H]3CC[C@@H](C3)[C@H]1[C@H](c1ccc(Cl)cc1)N2. The molecule has 1 heterocycles. The van der Waals surface area contributed by atoms with Crippen LogP contribution >= 0.6 is 11.6 Å². The molecular formula is C23H24ClNO2. The summed E-state index contributed by atoms with van der Waals surface area (Å²) < 4.78 is 5.22. The Labute approximate surface area is 165 Å². The molecule has 27 heavy (non-hydrogen) atoms. The van der Waals surface area contributed by atoms with E-state index in [0.717, 1.165) is 22.5 Å². The predicted octanol–water partition coefficient (Wildman–Crippen LogP) is 5.81. The maximum absolute atomic E-state index is 12.2. The zero-order valence-corrected chi connectivity index (χ0v) is 16.2. The van der Waals surface area contributed by atoms with Gasteiger partial charge < -0.3 is 10.1 Å². The Morgan fingerprint density at radius 2 is 1.93 bits per heavy atom. The fourth-order valence-corrected chi connectivity index (χ4v) is 5.95. The Hall–Kier alpha value is -2.00. The molecule has 3 nitrogen and oxygen atoms in total. The minimum absolute atomic E-state index is 0.222. The summed E-state index contributed by atoms with van der Waals surface area (Å²) in [5.41, 5.74) is 4.45. The van der Waals surface area contributed by atoms with Gasteiger partial charge in [0.05, 0.1) is 18.2 Å². The van der Waals surface area contributed by atoms with Gasteiger partial charge in [-0.2, -0.15) is 0 Å². The number of carbonyl (C=O) groups excluding carboxylic acids is 1. The van der Waals surface area contributed by atoms with Gasteiger partial charge in [0.2, 0.25) is 0 Å². The summed E-state index contributed by atoms with van der Waals surface area (Å²) in [4.78, 5) is 12.2. The highest BCUT2D eigenvalue weighted by molar-refractivity contribution is 6.30. The van der Waals surface area contributed by atoms with Gasteiger partial charge in [0.1, 0.15) is 0 Å². The van der Waals surface area contributed by atoms with Crippen LogP contribution in [0.5, 0.6) is 0 Å². The number of esters is 1. The third kappa shape index (κ3) is 2.75. The van der Waals surface area contributed by atoms with Gasteiger partial charge in [-0.1, -0.05) is 23.7 Å². The van der Waals surface area contributed by atoms with E-state index in [1.807, 2.05) is 25.1 Å². The summed E-state index contributed by atoms with van der Waals surface area (Å²) in [5.74, 6) is 2.37. The standard InChI is InChI=1S/C23H24ClNO2/c1-2-27-23(26)16-7-10-19-18(12-16)20-14-3-4-15(11-14)21(20)22(25-19)13-5-8-17(24)9-6-13/h5-10,12,14-15,20-22,25H,2-4,11H2,1H3/t14-,15-,20-,21+,22-/m0/s1. The summed E-state index contributed by atoms with van der Waals surface area (Å²) in [6, 6.07) is 14.6. The van der Waals surface area contributed by atoms with Crippen LogP contribution in [0.1, 0.15) is 59.6 Å². The van der Waals surface area contributed by atoms with Crippen LogP contribution in [-0.2, 0) is 4.74 Å². The summed E-state index contributed by atoms with van der Waals surface area (Å²) in [6.45, 7) is 2.25. The summed E-state index contributed by atoms with van der Waals surface area (Å²) in [5, 5.41) is 4.57. The molecule has 1 N–H and O–H groups in total. The van der Waals surface area contributed by atoms with Crippen LogP contribution < -0.4 is 5.32 Å². The van der Waals surface area contributed by atoms with Gasteiger partial charge in [0.15, 0.2) is 0 Å². The van der Waals surface area contributed by atoms with Crippen molar-refractivity contribution in [3.8, 4) is 0 Å². The van der Waals surface area contributed by atoms with Crippen molar-refractivity contribution in [2.24, 2.45) is 17.8 Å². The Bertz CT molecular complexity index is 878. The number of benzene rings is 2. The number of ether oxygens (including phenoxy) is 1. The van der Waals surface area contributed by atoms with Crippen molar-refractivity contribution >= 4 is 23.3 Å². The molecule has 4 heteroatoms. The van der Waals surface area contributed by atoms with Crippen molar-refractivity contribution in [3.05, 3.63) is 64.2 Å². The normalized spacial score (nSPS) is 30.4. The summed E-state index contributed by atoms with van der Waals surface area (Å²) in [7, 11) is 0. The Morgan fingerprint density at radius 3 is 2.70 bits per heavy atom. The second-order valence-corrected chi connectivity index (χ2v) is 8.57. The number of carbonyl (C=O) groups is 1. The van der Waals surface area contributed by atoms with Crippen LogP contribution in [0.4, 0.5) is 5.69 Å². The molecule has 2 fully saturated rings. The van der Waals surface area contributed by atoms with Crippen LogP contribution in [0.2, 0.25) is 5.02 Å². The molecule has 0 radical (unpaired) electrons. The molecule has 3 aliphatic rings. The number of hydrogen-bond acceptors (Lipinski definition) is 3. The molecule has 2 aromatic rings. The minimum Gasteiger partial charge on any atom is -0.462 e. The van der Waals surface area contributed by atoms with Gasteiger partial charge >= 0.3 is 5.97 Å². The van der Waals surface area contributed by atoms with Crippen molar-refractivity contribution < 1.29 is 9.53 Å². The summed E-state index contributed by atoms with van der Waals surface area (Å²) in [6.07, 6.45) is 3.94. The zero-order chi connectivity index (χ0) is 18.5.